The van der Waals surface area contributed by atoms with E-state index < -0.39 is 22.8 Å². The van der Waals surface area contributed by atoms with Crippen molar-refractivity contribution in [3.8, 4) is 0 Å². The fraction of sp³-hybridized carbons (Fsp3) is 0.875. The summed E-state index contributed by atoms with van der Waals surface area (Å²) in [5.74, 6) is 1.12. The summed E-state index contributed by atoms with van der Waals surface area (Å²) in [4.78, 5) is 55.6. The fourth-order valence-electron chi connectivity index (χ4n) is 15.6. The number of nitrogens with zero attached hydrogens (tertiary/aromatic N) is 1. The Hall–Kier alpha value is -2.38. The zero-order chi connectivity index (χ0) is 41.0. The molecule has 0 aromatic carbocycles. The number of hydrogen-bond donors (Lipinski definition) is 2. The fourth-order valence-corrected chi connectivity index (χ4v) is 15.6. The summed E-state index contributed by atoms with van der Waals surface area (Å²) in [6.07, 6.45) is 14.0. The highest BCUT2D eigenvalue weighted by atomic mass is 16.5. The smallest absolute Gasteiger partial charge is 0.309 e. The minimum absolute atomic E-state index is 0.0193. The Morgan fingerprint density at radius 3 is 2.11 bits per heavy atom. The normalized spacial score (nSPS) is 43.8. The number of nitrogens with one attached hydrogen (secondary N) is 1. The molecule has 0 aromatic rings. The van der Waals surface area contributed by atoms with Crippen molar-refractivity contribution in [1.29, 1.82) is 0 Å². The molecule has 8 nitrogen and oxygen atoms in total. The summed E-state index contributed by atoms with van der Waals surface area (Å²) in [6.45, 7) is 28.5. The van der Waals surface area contributed by atoms with Gasteiger partial charge in [0.05, 0.1) is 17.3 Å². The van der Waals surface area contributed by atoms with Gasteiger partial charge in [0.2, 0.25) is 11.8 Å². The lowest BCUT2D eigenvalue weighted by molar-refractivity contribution is -0.249. The van der Waals surface area contributed by atoms with Crippen LogP contribution >= 0.6 is 0 Å². The Bertz CT molecular complexity index is 1630. The summed E-state index contributed by atoms with van der Waals surface area (Å²) < 4.78 is 6.20. The molecule has 2 amide bonds. The van der Waals surface area contributed by atoms with Crippen molar-refractivity contribution in [2.45, 2.75) is 178 Å². The SMILES string of the molecule is C=C(C)[C@@H]1CC[C@@]2(C(=O)N[C@H]3CC(C(=O)N4CCCCC4)C3(C)C)CC[C@]3(C)C(CCC4[C@@]5(C)CC[C@H](OC(=O)CC(C)(C)C(=O)O)C(C)(C)C5CC[C@]43C)C12. The van der Waals surface area contributed by atoms with E-state index in [2.05, 4.69) is 72.2 Å². The molecule has 2 N–H and O–H groups in total. The summed E-state index contributed by atoms with van der Waals surface area (Å²) >= 11 is 0. The first-order chi connectivity index (χ1) is 26.0. The third kappa shape index (κ3) is 6.07. The van der Waals surface area contributed by atoms with Gasteiger partial charge in [-0.05, 0) is 162 Å². The molecule has 1 aliphatic heterocycles. The molecule has 1 heterocycles. The summed E-state index contributed by atoms with van der Waals surface area (Å²) in [5, 5.41) is 13.3. The third-order valence-corrected chi connectivity index (χ3v) is 19.4. The van der Waals surface area contributed by atoms with Gasteiger partial charge in [-0.15, -0.1) is 0 Å². The van der Waals surface area contributed by atoms with Gasteiger partial charge in [-0.2, -0.15) is 0 Å². The Morgan fingerprint density at radius 2 is 1.48 bits per heavy atom. The number of carbonyl (C=O) groups is 4. The molecule has 12 atom stereocenters. The number of fused-ring (bicyclic) bond motifs is 7. The average Bonchev–Trinajstić information content (AvgIpc) is 3.53. The van der Waals surface area contributed by atoms with Crippen LogP contribution in [0.4, 0.5) is 0 Å². The number of carboxylic acids is 1. The van der Waals surface area contributed by atoms with Crippen molar-refractivity contribution in [2.24, 2.45) is 73.4 Å². The van der Waals surface area contributed by atoms with E-state index in [1.165, 1.54) is 12.0 Å². The van der Waals surface area contributed by atoms with Crippen LogP contribution in [0.2, 0.25) is 0 Å². The first-order valence-electron chi connectivity index (χ1n) is 22.7. The predicted molar refractivity (Wildman–Crippen MR) is 219 cm³/mol. The van der Waals surface area contributed by atoms with Crippen LogP contribution in [-0.2, 0) is 23.9 Å². The Kier molecular flexibility index (Phi) is 10.3. The van der Waals surface area contributed by atoms with Crippen LogP contribution in [0.1, 0.15) is 166 Å². The second-order valence-electron chi connectivity index (χ2n) is 23.1. The van der Waals surface area contributed by atoms with Gasteiger partial charge in [-0.1, -0.05) is 60.6 Å². The van der Waals surface area contributed by atoms with E-state index in [1.807, 2.05) is 0 Å². The van der Waals surface area contributed by atoms with Gasteiger partial charge < -0.3 is 20.1 Å². The van der Waals surface area contributed by atoms with Gasteiger partial charge in [0, 0.05) is 30.5 Å². The van der Waals surface area contributed by atoms with Crippen LogP contribution in [0, 0.1) is 73.4 Å². The van der Waals surface area contributed by atoms with Crippen LogP contribution in [0.25, 0.3) is 0 Å². The van der Waals surface area contributed by atoms with Crippen LogP contribution in [0.3, 0.4) is 0 Å². The molecular formula is C48H76N2O6. The minimum Gasteiger partial charge on any atom is -0.481 e. The maximum absolute atomic E-state index is 15.0. The molecule has 5 unspecified atom stereocenters. The molecule has 7 aliphatic rings. The first kappa shape index (κ1) is 41.8. The van der Waals surface area contributed by atoms with Crippen LogP contribution in [0.5, 0.6) is 0 Å². The second kappa shape index (κ2) is 13.8. The van der Waals surface area contributed by atoms with Crippen molar-refractivity contribution in [1.82, 2.24) is 10.2 Å². The van der Waals surface area contributed by atoms with Crippen LogP contribution in [-0.4, -0.2) is 59.0 Å². The number of hydrogen-bond acceptors (Lipinski definition) is 5. The second-order valence-corrected chi connectivity index (χ2v) is 23.1. The van der Waals surface area contributed by atoms with Gasteiger partial charge >= 0.3 is 11.9 Å². The Labute approximate surface area is 338 Å². The molecule has 314 valence electrons. The molecule has 0 aromatic heterocycles. The Morgan fingerprint density at radius 1 is 0.804 bits per heavy atom. The van der Waals surface area contributed by atoms with Crippen LogP contribution < -0.4 is 5.32 Å². The number of ether oxygens (including phenoxy) is 1. The van der Waals surface area contributed by atoms with Crippen molar-refractivity contribution >= 4 is 23.8 Å². The molecule has 8 heteroatoms. The highest BCUT2D eigenvalue weighted by Gasteiger charge is 2.72. The molecular weight excluding hydrogens is 701 g/mol. The lowest BCUT2D eigenvalue weighted by Crippen LogP contribution is -2.68. The highest BCUT2D eigenvalue weighted by Crippen LogP contribution is 2.77. The Balaban J connectivity index is 1.10. The number of likely N-dealkylation sites (tertiary alicyclic amines) is 1. The molecule has 6 aliphatic carbocycles. The molecule has 6 saturated carbocycles. The number of allylic oxidation sites excluding steroid dienone is 1. The van der Waals surface area contributed by atoms with Gasteiger partial charge in [-0.25, -0.2) is 0 Å². The number of carbonyl (C=O) groups excluding carboxylic acids is 3. The maximum atomic E-state index is 15.0. The van der Waals surface area contributed by atoms with E-state index in [9.17, 15) is 19.5 Å². The lowest BCUT2D eigenvalue weighted by Gasteiger charge is -2.73. The van der Waals surface area contributed by atoms with Crippen molar-refractivity contribution in [3.63, 3.8) is 0 Å². The summed E-state index contributed by atoms with van der Waals surface area (Å²) in [7, 11) is 0. The topological polar surface area (TPSA) is 113 Å². The lowest BCUT2D eigenvalue weighted by atomic mass is 9.32. The molecule has 56 heavy (non-hydrogen) atoms. The summed E-state index contributed by atoms with van der Waals surface area (Å²) in [6, 6.07) is 0.0193. The first-order valence-corrected chi connectivity index (χ1v) is 22.7. The highest BCUT2D eigenvalue weighted by molar-refractivity contribution is 5.86. The largest absolute Gasteiger partial charge is 0.481 e. The standard InChI is InChI=1S/C48H76N2O6/c1-29(2)30-17-22-48(40(53)49-35-27-32(43(35,5)6)39(52)50-25-13-12-14-26-50)24-23-46(10)31(38(30)48)15-16-34-45(9)20-19-36(56-37(51)28-42(3,4)41(54)55)44(7,8)33(45)18-21-47(34,46)11/h30-36,38H,1,12-28H2,2-11H3,(H,49,53)(H,54,55)/t30-,31?,32?,33?,34?,35-,36-,38?,45-,46+,47+,48+/m0/s1. The van der Waals surface area contributed by atoms with Crippen molar-refractivity contribution < 1.29 is 29.0 Å². The van der Waals surface area contributed by atoms with E-state index in [4.69, 9.17) is 4.74 Å². The number of aliphatic carboxylic acids is 1. The number of carboxylic acid groups (broad SMARTS) is 1. The van der Waals surface area contributed by atoms with Gasteiger partial charge in [0.15, 0.2) is 0 Å². The zero-order valence-electron chi connectivity index (χ0n) is 36.8. The number of rotatable bonds is 8. The van der Waals surface area contributed by atoms with E-state index in [1.54, 1.807) is 13.8 Å². The van der Waals surface area contributed by atoms with E-state index >= 15 is 4.79 Å². The number of amides is 2. The molecule has 7 rings (SSSR count). The van der Waals surface area contributed by atoms with Crippen LogP contribution in [0.15, 0.2) is 12.2 Å². The number of esters is 1. The van der Waals surface area contributed by atoms with E-state index in [0.29, 0.717) is 29.6 Å². The molecule has 0 bridgehead atoms. The third-order valence-electron chi connectivity index (χ3n) is 19.4. The quantitative estimate of drug-likeness (QED) is 0.188. The maximum Gasteiger partial charge on any atom is 0.309 e. The molecule has 0 radical (unpaired) electrons. The zero-order valence-corrected chi connectivity index (χ0v) is 36.8. The minimum atomic E-state index is -1.16. The number of piperidine rings is 1. The molecule has 1 saturated heterocycles. The van der Waals surface area contributed by atoms with Crippen molar-refractivity contribution in [3.05, 3.63) is 12.2 Å². The van der Waals surface area contributed by atoms with E-state index in [0.717, 1.165) is 96.6 Å². The van der Waals surface area contributed by atoms with Crippen molar-refractivity contribution in [2.75, 3.05) is 13.1 Å². The van der Waals surface area contributed by atoms with Gasteiger partial charge in [-0.3, -0.25) is 19.2 Å². The predicted octanol–water partition coefficient (Wildman–Crippen LogP) is 9.60. The summed E-state index contributed by atoms with van der Waals surface area (Å²) in [5.41, 5.74) is -0.492. The molecule has 7 fully saturated rings. The van der Waals surface area contributed by atoms with E-state index in [-0.39, 0.29) is 63.4 Å². The van der Waals surface area contributed by atoms with Gasteiger partial charge in [0.1, 0.15) is 6.10 Å². The monoisotopic (exact) mass is 777 g/mol. The molecule has 0 spiro atoms. The average molecular weight is 777 g/mol. The van der Waals surface area contributed by atoms with Gasteiger partial charge in [0.25, 0.3) is 0 Å².